The molecule has 0 aromatic rings. The average Bonchev–Trinajstić information content (AvgIpc) is 1.80. The van der Waals surface area contributed by atoms with Gasteiger partial charge in [-0.15, -0.1) is 0 Å². The Morgan fingerprint density at radius 2 is 2.22 bits per heavy atom. The Morgan fingerprint density at radius 1 is 1.56 bits per heavy atom. The monoisotopic (exact) mass is 128 g/mol. The Hall–Kier alpha value is -1.20. The second-order valence-corrected chi connectivity index (χ2v) is 1.52. The van der Waals surface area contributed by atoms with Gasteiger partial charge in [-0.1, -0.05) is 0 Å². The molecule has 0 aromatic carbocycles. The molecule has 0 fully saturated rings. The van der Waals surface area contributed by atoms with Crippen LogP contribution in [0, 0.1) is 5.21 Å². The molecule has 3 amide bonds. The van der Waals surface area contributed by atoms with Crippen LogP contribution in [0.15, 0.2) is 12.3 Å². The number of urea groups is 1. The highest BCUT2D eigenvalue weighted by molar-refractivity contribution is 5.99. The molecule has 0 saturated carbocycles. The van der Waals surface area contributed by atoms with E-state index in [0.717, 1.165) is 12.3 Å². The van der Waals surface area contributed by atoms with E-state index >= 15 is 0 Å². The molecule has 1 heterocycles. The van der Waals surface area contributed by atoms with E-state index in [9.17, 15) is 14.8 Å². The lowest BCUT2D eigenvalue weighted by Gasteiger charge is -2.16. The van der Waals surface area contributed by atoms with Crippen molar-refractivity contribution in [2.45, 2.75) is 0 Å². The van der Waals surface area contributed by atoms with Gasteiger partial charge in [-0.3, -0.25) is 9.86 Å². The number of hydrogen-bond acceptors (Lipinski definition) is 3. The van der Waals surface area contributed by atoms with Gasteiger partial charge in [0.05, 0.1) is 6.08 Å². The molecule has 0 spiro atoms. The maximum atomic E-state index is 10.3. The predicted octanol–water partition coefficient (Wildman–Crippen LogP) is -1.87. The molecule has 0 aliphatic carbocycles. The van der Waals surface area contributed by atoms with Gasteiger partial charge in [0.15, 0.2) is 0 Å². The summed E-state index contributed by atoms with van der Waals surface area (Å²) in [4.78, 5) is 20.5. The van der Waals surface area contributed by atoms with Crippen molar-refractivity contribution in [2.24, 2.45) is 0 Å². The summed E-state index contributed by atoms with van der Waals surface area (Å²) in [5, 5.41) is 11.4. The number of quaternary nitrogens is 1. The normalized spacial score (nSPS) is 26.1. The molecule has 0 saturated heterocycles. The maximum Gasteiger partial charge on any atom is 0.426 e. The van der Waals surface area contributed by atoms with Crippen molar-refractivity contribution < 1.29 is 14.7 Å². The zero-order valence-corrected chi connectivity index (χ0v) is 4.38. The maximum absolute atomic E-state index is 10.3. The second-order valence-electron chi connectivity index (χ2n) is 1.52. The first-order valence-corrected chi connectivity index (χ1v) is 2.27. The Bertz CT molecular complexity index is 186. The van der Waals surface area contributed by atoms with Crippen molar-refractivity contribution in [1.29, 1.82) is 0 Å². The summed E-state index contributed by atoms with van der Waals surface area (Å²) in [6.45, 7) is 0. The van der Waals surface area contributed by atoms with Crippen molar-refractivity contribution in [3.8, 4) is 0 Å². The topological polar surface area (TPSA) is 73.7 Å². The van der Waals surface area contributed by atoms with Crippen molar-refractivity contribution in [3.05, 3.63) is 17.5 Å². The number of hydrogen-bond donors (Lipinski definition) is 2. The summed E-state index contributed by atoms with van der Waals surface area (Å²) in [6, 6.07) is -0.859. The molecule has 0 bridgehead atoms. The fourth-order valence-corrected chi connectivity index (χ4v) is 0.442. The molecule has 1 aliphatic heterocycles. The summed E-state index contributed by atoms with van der Waals surface area (Å²) in [5.74, 6) is -0.542. The molecule has 1 rings (SSSR count). The molecule has 1 aliphatic rings. The highest BCUT2D eigenvalue weighted by Gasteiger charge is 2.15. The van der Waals surface area contributed by atoms with E-state index in [1.807, 2.05) is 5.32 Å². The average molecular weight is 128 g/mol. The molecule has 0 radical (unpaired) electrons. The van der Waals surface area contributed by atoms with Crippen LogP contribution in [0.25, 0.3) is 0 Å². The molecule has 2 N–H and O–H groups in total. The van der Waals surface area contributed by atoms with Gasteiger partial charge < -0.3 is 5.21 Å². The highest BCUT2D eigenvalue weighted by Crippen LogP contribution is 1.72. The van der Waals surface area contributed by atoms with Crippen LogP contribution in [-0.2, 0) is 4.79 Å². The molecule has 5 nitrogen and oxygen atoms in total. The summed E-state index contributed by atoms with van der Waals surface area (Å²) >= 11 is 0. The number of rotatable bonds is 0. The lowest BCUT2D eigenvalue weighted by Crippen LogP contribution is -3.08. The first-order valence-electron chi connectivity index (χ1n) is 2.27. The predicted molar refractivity (Wildman–Crippen MR) is 27.0 cm³/mol. The lowest BCUT2D eigenvalue weighted by molar-refractivity contribution is -0.697. The van der Waals surface area contributed by atoms with Crippen molar-refractivity contribution in [3.63, 3.8) is 0 Å². The van der Waals surface area contributed by atoms with Crippen LogP contribution >= 0.6 is 0 Å². The van der Waals surface area contributed by atoms with E-state index in [0.29, 0.717) is 0 Å². The molecular formula is C4H4N2O3. The fraction of sp³-hybridized carbons (Fsp3) is 0. The highest BCUT2D eigenvalue weighted by atomic mass is 16.5. The third-order valence-electron chi connectivity index (χ3n) is 0.847. The first-order chi connectivity index (χ1) is 4.20. The first kappa shape index (κ1) is 5.93. The van der Waals surface area contributed by atoms with Crippen LogP contribution in [0.4, 0.5) is 4.79 Å². The summed E-state index contributed by atoms with van der Waals surface area (Å²) in [7, 11) is 0. The number of amides is 3. The molecular weight excluding hydrogens is 124 g/mol. The minimum Gasteiger partial charge on any atom is -0.620 e. The minimum atomic E-state index is -0.859. The van der Waals surface area contributed by atoms with Crippen LogP contribution in [0.3, 0.4) is 0 Å². The number of hydroxylamine groups is 2. The van der Waals surface area contributed by atoms with E-state index in [1.165, 1.54) is 0 Å². The van der Waals surface area contributed by atoms with Crippen molar-refractivity contribution in [2.75, 3.05) is 0 Å². The Labute approximate surface area is 50.5 Å². The van der Waals surface area contributed by atoms with E-state index in [-0.39, 0.29) is 0 Å². The quantitative estimate of drug-likeness (QED) is 0.375. The van der Waals surface area contributed by atoms with Gasteiger partial charge in [-0.2, -0.15) is 0 Å². The van der Waals surface area contributed by atoms with E-state index in [1.54, 1.807) is 0 Å². The minimum absolute atomic E-state index is 0.542. The van der Waals surface area contributed by atoms with Crippen molar-refractivity contribution in [1.82, 2.24) is 5.32 Å². The van der Waals surface area contributed by atoms with Crippen LogP contribution < -0.4 is 10.4 Å². The number of carbonyl (C=O) groups excluding carboxylic acids is 2. The third kappa shape index (κ3) is 1.13. The summed E-state index contributed by atoms with van der Waals surface area (Å²) in [5.41, 5.74) is 0. The number of carbonyl (C=O) groups is 2. The Morgan fingerprint density at radius 3 is 2.67 bits per heavy atom. The number of nitrogens with one attached hydrogen (secondary N) is 2. The summed E-state index contributed by atoms with van der Waals surface area (Å²) < 4.78 is 0. The second kappa shape index (κ2) is 1.96. The molecule has 5 heteroatoms. The van der Waals surface area contributed by atoms with Crippen LogP contribution in [0.1, 0.15) is 0 Å². The molecule has 1 atom stereocenters. The SMILES string of the molecule is O=C1C=C[NH+]([O-])C(=O)N1. The standard InChI is InChI=1S/C4H4N2O3/c7-3-1-2-6(9)4(8)5-3/h1-2,6H,(H,5,7,8). The Balaban J connectivity index is 2.76. The number of imide groups is 1. The van der Waals surface area contributed by atoms with Crippen molar-refractivity contribution >= 4 is 11.9 Å². The lowest BCUT2D eigenvalue weighted by atomic mass is 10.5. The van der Waals surface area contributed by atoms with Crippen LogP contribution in [-0.4, -0.2) is 11.9 Å². The van der Waals surface area contributed by atoms with Gasteiger partial charge in [0.2, 0.25) is 0 Å². The van der Waals surface area contributed by atoms with Gasteiger partial charge >= 0.3 is 6.03 Å². The largest absolute Gasteiger partial charge is 0.620 e. The van der Waals surface area contributed by atoms with Gasteiger partial charge in [-0.25, -0.2) is 10.1 Å². The Kier molecular flexibility index (Phi) is 1.29. The zero-order valence-electron chi connectivity index (χ0n) is 4.38. The zero-order chi connectivity index (χ0) is 6.85. The van der Waals surface area contributed by atoms with Gasteiger partial charge in [0.1, 0.15) is 6.20 Å². The van der Waals surface area contributed by atoms with E-state index < -0.39 is 17.0 Å². The van der Waals surface area contributed by atoms with Crippen LogP contribution in [0.2, 0.25) is 0 Å². The molecule has 9 heavy (non-hydrogen) atoms. The smallest absolute Gasteiger partial charge is 0.426 e. The van der Waals surface area contributed by atoms with Gasteiger partial charge in [-0.05, 0) is 0 Å². The van der Waals surface area contributed by atoms with E-state index in [2.05, 4.69) is 0 Å². The molecule has 1 unspecified atom stereocenters. The third-order valence-corrected chi connectivity index (χ3v) is 0.847. The summed E-state index contributed by atoms with van der Waals surface area (Å²) in [6.07, 6.45) is 1.96. The fourth-order valence-electron chi connectivity index (χ4n) is 0.442. The van der Waals surface area contributed by atoms with E-state index in [4.69, 9.17) is 0 Å². The molecule has 0 aromatic heterocycles. The molecule has 48 valence electrons. The van der Waals surface area contributed by atoms with Gasteiger partial charge in [0.25, 0.3) is 5.91 Å². The van der Waals surface area contributed by atoms with Crippen LogP contribution in [0.5, 0.6) is 0 Å². The van der Waals surface area contributed by atoms with Gasteiger partial charge in [0, 0.05) is 0 Å².